The molecule has 0 radical (unpaired) electrons. The lowest BCUT2D eigenvalue weighted by molar-refractivity contribution is -0.117. The maximum atomic E-state index is 12.1. The molecule has 1 unspecified atom stereocenters. The Hall–Kier alpha value is -2.24. The molecule has 1 heterocycles. The highest BCUT2D eigenvalue weighted by Crippen LogP contribution is 2.33. The van der Waals surface area contributed by atoms with Gasteiger partial charge in [-0.15, -0.1) is 0 Å². The molecular formula is C14H18N4O3. The normalized spacial score (nSPS) is 17.7. The molecule has 1 saturated heterocycles. The SMILES string of the molecule is COCCOc1ccccc1N1CC(CN=[N+]=[N-])CC1=O. The summed E-state index contributed by atoms with van der Waals surface area (Å²) in [5, 5.41) is 3.55. The molecule has 1 aliphatic rings. The van der Waals surface area contributed by atoms with Crippen molar-refractivity contribution in [3.63, 3.8) is 0 Å². The molecule has 2 rings (SSSR count). The lowest BCUT2D eigenvalue weighted by atomic mass is 10.1. The van der Waals surface area contributed by atoms with Crippen LogP contribution in [0.5, 0.6) is 5.75 Å². The van der Waals surface area contributed by atoms with Gasteiger partial charge in [0, 0.05) is 31.5 Å². The molecule has 0 spiro atoms. The zero-order valence-corrected chi connectivity index (χ0v) is 11.9. The van der Waals surface area contributed by atoms with Crippen molar-refractivity contribution in [2.24, 2.45) is 11.0 Å². The number of anilines is 1. The second-order valence-corrected chi connectivity index (χ2v) is 4.80. The quantitative estimate of drug-likeness (QED) is 0.334. The lowest BCUT2D eigenvalue weighted by Crippen LogP contribution is -2.25. The highest BCUT2D eigenvalue weighted by Gasteiger charge is 2.31. The van der Waals surface area contributed by atoms with Gasteiger partial charge in [0.2, 0.25) is 5.91 Å². The van der Waals surface area contributed by atoms with Crippen molar-refractivity contribution in [1.82, 2.24) is 0 Å². The van der Waals surface area contributed by atoms with Crippen LogP contribution in [0.15, 0.2) is 29.4 Å². The van der Waals surface area contributed by atoms with Gasteiger partial charge in [-0.25, -0.2) is 0 Å². The summed E-state index contributed by atoms with van der Waals surface area (Å²) in [5.74, 6) is 0.740. The standard InChI is InChI=1S/C14H18N4O3/c1-20-6-7-21-13-5-3-2-4-12(13)18-10-11(8-14(18)19)9-16-17-15/h2-5,11H,6-10H2,1H3. The Labute approximate surface area is 123 Å². The molecule has 112 valence electrons. The minimum absolute atomic E-state index is 0.0240. The zero-order valence-electron chi connectivity index (χ0n) is 11.9. The summed E-state index contributed by atoms with van der Waals surface area (Å²) in [6.07, 6.45) is 0.394. The van der Waals surface area contributed by atoms with E-state index < -0.39 is 0 Å². The highest BCUT2D eigenvalue weighted by molar-refractivity contribution is 5.97. The highest BCUT2D eigenvalue weighted by atomic mass is 16.5. The average molecular weight is 290 g/mol. The first-order chi connectivity index (χ1) is 10.3. The van der Waals surface area contributed by atoms with E-state index in [1.54, 1.807) is 12.0 Å². The maximum absolute atomic E-state index is 12.1. The van der Waals surface area contributed by atoms with Crippen molar-refractivity contribution in [1.29, 1.82) is 0 Å². The number of azide groups is 1. The molecule has 1 aromatic rings. The Morgan fingerprint density at radius 2 is 2.24 bits per heavy atom. The molecule has 1 aliphatic heterocycles. The summed E-state index contributed by atoms with van der Waals surface area (Å²) in [5.41, 5.74) is 9.12. The van der Waals surface area contributed by atoms with E-state index in [0.717, 1.165) is 5.69 Å². The van der Waals surface area contributed by atoms with Gasteiger partial charge in [0.15, 0.2) is 0 Å². The van der Waals surface area contributed by atoms with Crippen LogP contribution in [-0.2, 0) is 9.53 Å². The summed E-state index contributed by atoms with van der Waals surface area (Å²) in [4.78, 5) is 16.6. The second-order valence-electron chi connectivity index (χ2n) is 4.80. The number of benzene rings is 1. The summed E-state index contributed by atoms with van der Waals surface area (Å²) in [6.45, 7) is 1.80. The van der Waals surface area contributed by atoms with Crippen molar-refractivity contribution in [2.75, 3.05) is 38.3 Å². The topological polar surface area (TPSA) is 87.5 Å². The summed E-state index contributed by atoms with van der Waals surface area (Å²) < 4.78 is 10.6. The van der Waals surface area contributed by atoms with Gasteiger partial charge in [0.25, 0.3) is 0 Å². The molecular weight excluding hydrogens is 272 g/mol. The number of amides is 1. The van der Waals surface area contributed by atoms with Gasteiger partial charge in [-0.2, -0.15) is 0 Å². The van der Waals surface area contributed by atoms with Crippen molar-refractivity contribution in [2.45, 2.75) is 6.42 Å². The van der Waals surface area contributed by atoms with Crippen LogP contribution >= 0.6 is 0 Å². The fraction of sp³-hybridized carbons (Fsp3) is 0.500. The summed E-state index contributed by atoms with van der Waals surface area (Å²) in [7, 11) is 1.61. The number of carbonyl (C=O) groups is 1. The fourth-order valence-electron chi connectivity index (χ4n) is 2.33. The molecule has 7 heteroatoms. The smallest absolute Gasteiger partial charge is 0.227 e. The van der Waals surface area contributed by atoms with Gasteiger partial charge in [-0.1, -0.05) is 17.2 Å². The molecule has 0 N–H and O–H groups in total. The Morgan fingerprint density at radius 1 is 1.43 bits per heavy atom. The van der Waals surface area contributed by atoms with Crippen LogP contribution in [0.2, 0.25) is 0 Å². The number of ether oxygens (including phenoxy) is 2. The summed E-state index contributed by atoms with van der Waals surface area (Å²) >= 11 is 0. The number of hydrogen-bond donors (Lipinski definition) is 0. The Balaban J connectivity index is 2.10. The van der Waals surface area contributed by atoms with E-state index >= 15 is 0 Å². The number of rotatable bonds is 7. The van der Waals surface area contributed by atoms with Crippen LogP contribution in [0.1, 0.15) is 6.42 Å². The molecule has 1 aromatic carbocycles. The van der Waals surface area contributed by atoms with Crippen molar-refractivity contribution in [3.8, 4) is 5.75 Å². The van der Waals surface area contributed by atoms with Gasteiger partial charge in [0.05, 0.1) is 12.3 Å². The lowest BCUT2D eigenvalue weighted by Gasteiger charge is -2.20. The van der Waals surface area contributed by atoms with Crippen molar-refractivity contribution in [3.05, 3.63) is 34.7 Å². The first-order valence-corrected chi connectivity index (χ1v) is 6.78. The van der Waals surface area contributed by atoms with E-state index in [1.165, 1.54) is 0 Å². The molecule has 1 atom stereocenters. The fourth-order valence-corrected chi connectivity index (χ4v) is 2.33. The average Bonchev–Trinajstić information content (AvgIpc) is 2.87. The largest absolute Gasteiger partial charge is 0.489 e. The van der Waals surface area contributed by atoms with Crippen LogP contribution in [0.3, 0.4) is 0 Å². The van der Waals surface area contributed by atoms with E-state index in [0.29, 0.717) is 38.5 Å². The van der Waals surface area contributed by atoms with E-state index in [4.69, 9.17) is 15.0 Å². The van der Waals surface area contributed by atoms with Crippen molar-refractivity contribution < 1.29 is 14.3 Å². The van der Waals surface area contributed by atoms with E-state index in [-0.39, 0.29) is 11.8 Å². The third kappa shape index (κ3) is 3.87. The van der Waals surface area contributed by atoms with Crippen LogP contribution in [0.25, 0.3) is 10.4 Å². The molecule has 0 aromatic heterocycles. The first kappa shape index (κ1) is 15.2. The summed E-state index contributed by atoms with van der Waals surface area (Å²) in [6, 6.07) is 7.42. The predicted octanol–water partition coefficient (Wildman–Crippen LogP) is 2.38. The third-order valence-corrected chi connectivity index (χ3v) is 3.31. The number of carbonyl (C=O) groups excluding carboxylic acids is 1. The van der Waals surface area contributed by atoms with Crippen LogP contribution in [0, 0.1) is 5.92 Å². The van der Waals surface area contributed by atoms with E-state index in [1.807, 2.05) is 24.3 Å². The van der Waals surface area contributed by atoms with Gasteiger partial charge < -0.3 is 14.4 Å². The van der Waals surface area contributed by atoms with Gasteiger partial charge in [0.1, 0.15) is 12.4 Å². The molecule has 21 heavy (non-hydrogen) atoms. The second kappa shape index (κ2) is 7.52. The number of methoxy groups -OCH3 is 1. The zero-order chi connectivity index (χ0) is 15.1. The molecule has 1 fully saturated rings. The van der Waals surface area contributed by atoms with Gasteiger partial charge in [-0.05, 0) is 23.6 Å². The van der Waals surface area contributed by atoms with Crippen LogP contribution in [-0.4, -0.2) is 39.3 Å². The molecule has 0 aliphatic carbocycles. The first-order valence-electron chi connectivity index (χ1n) is 6.78. The molecule has 1 amide bonds. The van der Waals surface area contributed by atoms with E-state index in [9.17, 15) is 4.79 Å². The van der Waals surface area contributed by atoms with Crippen LogP contribution in [0.4, 0.5) is 5.69 Å². The minimum Gasteiger partial charge on any atom is -0.489 e. The third-order valence-electron chi connectivity index (χ3n) is 3.31. The Bertz CT molecular complexity index is 543. The van der Waals surface area contributed by atoms with Gasteiger partial charge >= 0.3 is 0 Å². The van der Waals surface area contributed by atoms with Crippen molar-refractivity contribution >= 4 is 11.6 Å². The monoisotopic (exact) mass is 290 g/mol. The van der Waals surface area contributed by atoms with E-state index in [2.05, 4.69) is 10.0 Å². The molecule has 0 bridgehead atoms. The Kier molecular flexibility index (Phi) is 5.43. The molecule has 7 nitrogen and oxygen atoms in total. The van der Waals surface area contributed by atoms with Crippen LogP contribution < -0.4 is 9.64 Å². The predicted molar refractivity (Wildman–Crippen MR) is 78.3 cm³/mol. The number of nitrogens with zero attached hydrogens (tertiary/aromatic N) is 4. The minimum atomic E-state index is 0.0240. The van der Waals surface area contributed by atoms with Gasteiger partial charge in [-0.3, -0.25) is 4.79 Å². The molecule has 0 saturated carbocycles. The number of hydrogen-bond acceptors (Lipinski definition) is 4. The number of para-hydroxylation sites is 2. The Morgan fingerprint density at radius 3 is 3.00 bits per heavy atom. The maximum Gasteiger partial charge on any atom is 0.227 e.